The van der Waals surface area contributed by atoms with Gasteiger partial charge in [-0.1, -0.05) is 0 Å². The Bertz CT molecular complexity index is 702. The standard InChI is InChI=1S/C13H15N5O3/c1-7-5-10(8(2)4-9(7)18(19)20)21-12-6-11(15-3)16-13(14)17-12/h4-6H,1-3H3,(H3,14,15,16,17). The molecule has 0 fully saturated rings. The predicted molar refractivity (Wildman–Crippen MR) is 78.6 cm³/mol. The molecule has 0 aliphatic carbocycles. The summed E-state index contributed by atoms with van der Waals surface area (Å²) >= 11 is 0. The van der Waals surface area contributed by atoms with Crippen molar-refractivity contribution in [3.05, 3.63) is 39.4 Å². The summed E-state index contributed by atoms with van der Waals surface area (Å²) in [6.45, 7) is 3.38. The van der Waals surface area contributed by atoms with Gasteiger partial charge in [-0.2, -0.15) is 9.97 Å². The zero-order chi connectivity index (χ0) is 15.6. The topological polar surface area (TPSA) is 116 Å². The fourth-order valence-corrected chi connectivity index (χ4v) is 1.82. The van der Waals surface area contributed by atoms with E-state index in [0.29, 0.717) is 22.7 Å². The number of nitro benzene ring substituents is 1. The second-order valence-corrected chi connectivity index (χ2v) is 4.46. The highest BCUT2D eigenvalue weighted by Gasteiger charge is 2.15. The minimum absolute atomic E-state index is 0.0537. The average Bonchev–Trinajstić information content (AvgIpc) is 2.41. The number of nitrogens with two attached hydrogens (primary N) is 1. The SMILES string of the molecule is CNc1cc(Oc2cc(C)c([N+](=O)[O-])cc2C)nc(N)n1. The molecule has 2 rings (SSSR count). The van der Waals surface area contributed by atoms with Gasteiger partial charge in [0.25, 0.3) is 5.69 Å². The maximum absolute atomic E-state index is 10.9. The number of aromatic nitrogens is 2. The number of ether oxygens (including phenoxy) is 1. The predicted octanol–water partition coefficient (Wildman–Crippen LogP) is 2.42. The zero-order valence-corrected chi connectivity index (χ0v) is 11.9. The number of anilines is 2. The molecule has 3 N–H and O–H groups in total. The van der Waals surface area contributed by atoms with Crippen LogP contribution in [0.15, 0.2) is 18.2 Å². The third kappa shape index (κ3) is 3.16. The molecule has 1 heterocycles. The number of aryl methyl sites for hydroxylation is 2. The fourth-order valence-electron chi connectivity index (χ4n) is 1.82. The van der Waals surface area contributed by atoms with E-state index in [1.807, 2.05) is 0 Å². The van der Waals surface area contributed by atoms with Crippen LogP contribution in [0.4, 0.5) is 17.5 Å². The van der Waals surface area contributed by atoms with Crippen LogP contribution in [0.1, 0.15) is 11.1 Å². The summed E-state index contributed by atoms with van der Waals surface area (Å²) in [5.74, 6) is 1.35. The molecule has 0 radical (unpaired) electrons. The largest absolute Gasteiger partial charge is 0.438 e. The second-order valence-electron chi connectivity index (χ2n) is 4.46. The molecule has 1 aromatic heterocycles. The number of rotatable bonds is 4. The first-order valence-corrected chi connectivity index (χ1v) is 6.16. The first-order valence-electron chi connectivity index (χ1n) is 6.16. The van der Waals surface area contributed by atoms with Gasteiger partial charge in [-0.15, -0.1) is 0 Å². The lowest BCUT2D eigenvalue weighted by atomic mass is 10.1. The summed E-state index contributed by atoms with van der Waals surface area (Å²) in [6.07, 6.45) is 0. The van der Waals surface area contributed by atoms with Gasteiger partial charge < -0.3 is 15.8 Å². The van der Waals surface area contributed by atoms with Crippen molar-refractivity contribution in [1.29, 1.82) is 0 Å². The molecule has 0 amide bonds. The molecular formula is C13H15N5O3. The summed E-state index contributed by atoms with van der Waals surface area (Å²) in [7, 11) is 1.70. The molecule has 0 bridgehead atoms. The van der Waals surface area contributed by atoms with E-state index in [1.165, 1.54) is 6.07 Å². The van der Waals surface area contributed by atoms with Crippen LogP contribution in [0, 0.1) is 24.0 Å². The van der Waals surface area contributed by atoms with Crippen molar-refractivity contribution in [3.8, 4) is 11.6 Å². The first kappa shape index (κ1) is 14.5. The van der Waals surface area contributed by atoms with Crippen molar-refractivity contribution in [3.63, 3.8) is 0 Å². The van der Waals surface area contributed by atoms with E-state index in [-0.39, 0.29) is 17.5 Å². The second kappa shape index (κ2) is 5.61. The molecule has 2 aromatic rings. The van der Waals surface area contributed by atoms with Crippen LogP contribution in [0.3, 0.4) is 0 Å². The van der Waals surface area contributed by atoms with E-state index in [4.69, 9.17) is 10.5 Å². The minimum Gasteiger partial charge on any atom is -0.438 e. The van der Waals surface area contributed by atoms with Gasteiger partial charge in [0, 0.05) is 24.7 Å². The molecule has 8 nitrogen and oxygen atoms in total. The Kier molecular flexibility index (Phi) is 3.88. The molecule has 0 atom stereocenters. The van der Waals surface area contributed by atoms with E-state index < -0.39 is 4.92 Å². The third-order valence-corrected chi connectivity index (χ3v) is 2.88. The summed E-state index contributed by atoms with van der Waals surface area (Å²) in [5.41, 5.74) is 6.79. The Morgan fingerprint density at radius 2 is 1.95 bits per heavy atom. The first-order chi connectivity index (χ1) is 9.90. The highest BCUT2D eigenvalue weighted by atomic mass is 16.6. The van der Waals surface area contributed by atoms with Crippen LogP contribution in [0.5, 0.6) is 11.6 Å². The zero-order valence-electron chi connectivity index (χ0n) is 11.9. The number of hydrogen-bond acceptors (Lipinski definition) is 7. The van der Waals surface area contributed by atoms with E-state index in [1.54, 1.807) is 33.0 Å². The molecule has 0 spiro atoms. The smallest absolute Gasteiger partial charge is 0.272 e. The van der Waals surface area contributed by atoms with Gasteiger partial charge in [-0.05, 0) is 25.5 Å². The van der Waals surface area contributed by atoms with E-state index in [2.05, 4.69) is 15.3 Å². The maximum atomic E-state index is 10.9. The van der Waals surface area contributed by atoms with Crippen molar-refractivity contribution in [2.75, 3.05) is 18.1 Å². The van der Waals surface area contributed by atoms with Crippen LogP contribution >= 0.6 is 0 Å². The van der Waals surface area contributed by atoms with Crippen LogP contribution < -0.4 is 15.8 Å². The van der Waals surface area contributed by atoms with Crippen LogP contribution in [-0.4, -0.2) is 21.9 Å². The summed E-state index contributed by atoms with van der Waals surface area (Å²) in [6, 6.07) is 4.66. The Labute approximate surface area is 121 Å². The van der Waals surface area contributed by atoms with Crippen LogP contribution in [0.2, 0.25) is 0 Å². The molecule has 21 heavy (non-hydrogen) atoms. The number of nitrogen functional groups attached to an aromatic ring is 1. The van der Waals surface area contributed by atoms with E-state index in [0.717, 1.165) is 0 Å². The summed E-state index contributed by atoms with van der Waals surface area (Å²) in [5, 5.41) is 13.7. The van der Waals surface area contributed by atoms with E-state index >= 15 is 0 Å². The molecule has 0 saturated heterocycles. The highest BCUT2D eigenvalue weighted by molar-refractivity contribution is 5.51. The Hall–Kier alpha value is -2.90. The van der Waals surface area contributed by atoms with Crippen molar-refractivity contribution < 1.29 is 9.66 Å². The van der Waals surface area contributed by atoms with Gasteiger partial charge in [0.2, 0.25) is 11.8 Å². The Morgan fingerprint density at radius 3 is 2.57 bits per heavy atom. The monoisotopic (exact) mass is 289 g/mol. The van der Waals surface area contributed by atoms with Crippen molar-refractivity contribution in [1.82, 2.24) is 9.97 Å². The normalized spacial score (nSPS) is 10.2. The molecule has 0 saturated carbocycles. The van der Waals surface area contributed by atoms with Gasteiger partial charge >= 0.3 is 0 Å². The number of hydrogen-bond donors (Lipinski definition) is 2. The van der Waals surface area contributed by atoms with Gasteiger partial charge in [0.15, 0.2) is 0 Å². The quantitative estimate of drug-likeness (QED) is 0.655. The molecule has 0 aliphatic heterocycles. The lowest BCUT2D eigenvalue weighted by Gasteiger charge is -2.10. The van der Waals surface area contributed by atoms with Crippen LogP contribution in [0.25, 0.3) is 0 Å². The summed E-state index contributed by atoms with van der Waals surface area (Å²) < 4.78 is 5.65. The number of nitro groups is 1. The lowest BCUT2D eigenvalue weighted by molar-refractivity contribution is -0.385. The molecule has 8 heteroatoms. The maximum Gasteiger partial charge on any atom is 0.272 e. The minimum atomic E-state index is -0.423. The van der Waals surface area contributed by atoms with Gasteiger partial charge in [0.1, 0.15) is 11.6 Å². The van der Waals surface area contributed by atoms with Crippen molar-refractivity contribution >= 4 is 17.5 Å². The lowest BCUT2D eigenvalue weighted by Crippen LogP contribution is -2.02. The summed E-state index contributed by atoms with van der Waals surface area (Å²) in [4.78, 5) is 18.4. The van der Waals surface area contributed by atoms with E-state index in [9.17, 15) is 10.1 Å². The van der Waals surface area contributed by atoms with Crippen molar-refractivity contribution in [2.24, 2.45) is 0 Å². The van der Waals surface area contributed by atoms with Crippen molar-refractivity contribution in [2.45, 2.75) is 13.8 Å². The Balaban J connectivity index is 2.38. The van der Waals surface area contributed by atoms with Gasteiger partial charge in [-0.25, -0.2) is 0 Å². The van der Waals surface area contributed by atoms with Gasteiger partial charge in [-0.3, -0.25) is 10.1 Å². The van der Waals surface area contributed by atoms with Crippen LogP contribution in [-0.2, 0) is 0 Å². The Morgan fingerprint density at radius 1 is 1.24 bits per heavy atom. The molecular weight excluding hydrogens is 274 g/mol. The fraction of sp³-hybridized carbons (Fsp3) is 0.231. The number of benzene rings is 1. The molecule has 110 valence electrons. The molecule has 1 aromatic carbocycles. The highest BCUT2D eigenvalue weighted by Crippen LogP contribution is 2.31. The third-order valence-electron chi connectivity index (χ3n) is 2.88. The van der Waals surface area contributed by atoms with Gasteiger partial charge in [0.05, 0.1) is 4.92 Å². The number of nitrogens with one attached hydrogen (secondary N) is 1. The molecule has 0 aliphatic rings. The number of nitrogens with zero attached hydrogens (tertiary/aromatic N) is 3. The average molecular weight is 289 g/mol. The molecule has 0 unspecified atom stereocenters.